The zero-order valence-electron chi connectivity index (χ0n) is 16.5. The third kappa shape index (κ3) is 3.94. The fraction of sp³-hybridized carbons (Fsp3) is 0.619. The van der Waals surface area contributed by atoms with Gasteiger partial charge < -0.3 is 14.8 Å². The van der Waals surface area contributed by atoms with E-state index in [4.69, 9.17) is 9.47 Å². The van der Waals surface area contributed by atoms with Crippen LogP contribution in [0.4, 0.5) is 0 Å². The number of para-hydroxylation sites is 1. The lowest BCUT2D eigenvalue weighted by atomic mass is 9.74. The second-order valence-corrected chi connectivity index (χ2v) is 8.67. The summed E-state index contributed by atoms with van der Waals surface area (Å²) in [6, 6.07) is 5.84. The Kier molecular flexibility index (Phi) is 5.19. The molecule has 3 atom stereocenters. The molecule has 7 heteroatoms. The van der Waals surface area contributed by atoms with E-state index in [0.29, 0.717) is 12.3 Å². The number of hydrogen-bond acceptors (Lipinski definition) is 5. The van der Waals surface area contributed by atoms with Crippen molar-refractivity contribution in [1.82, 2.24) is 16.2 Å². The van der Waals surface area contributed by atoms with Crippen molar-refractivity contribution in [2.75, 3.05) is 13.2 Å². The molecule has 0 radical (unpaired) electrons. The zero-order chi connectivity index (χ0) is 19.7. The lowest BCUT2D eigenvalue weighted by molar-refractivity contribution is -0.133. The summed E-state index contributed by atoms with van der Waals surface area (Å²) in [5.41, 5.74) is 6.68. The number of carbonyl (C=O) groups excluding carboxylic acids is 2. The van der Waals surface area contributed by atoms with Crippen LogP contribution in [-0.4, -0.2) is 36.6 Å². The highest BCUT2D eigenvalue weighted by atomic mass is 16.5. The van der Waals surface area contributed by atoms with Gasteiger partial charge in [0.05, 0.1) is 0 Å². The van der Waals surface area contributed by atoms with Gasteiger partial charge in [-0.25, -0.2) is 5.43 Å². The molecule has 2 heterocycles. The van der Waals surface area contributed by atoms with Crippen LogP contribution in [0.5, 0.6) is 11.5 Å². The largest absolute Gasteiger partial charge is 0.483 e. The normalized spacial score (nSPS) is 27.8. The molecule has 3 unspecified atom stereocenters. The smallest absolute Gasteiger partial charge is 0.257 e. The van der Waals surface area contributed by atoms with Crippen molar-refractivity contribution in [2.45, 2.75) is 57.6 Å². The Morgan fingerprint density at radius 2 is 2.14 bits per heavy atom. The lowest BCUT2D eigenvalue weighted by Crippen LogP contribution is -2.62. The molecule has 2 amide bonds. The third-order valence-electron chi connectivity index (χ3n) is 5.99. The van der Waals surface area contributed by atoms with Gasteiger partial charge in [0.1, 0.15) is 5.60 Å². The van der Waals surface area contributed by atoms with E-state index in [-0.39, 0.29) is 41.9 Å². The molecule has 1 saturated heterocycles. The van der Waals surface area contributed by atoms with Crippen molar-refractivity contribution in [1.29, 1.82) is 0 Å². The van der Waals surface area contributed by atoms with Gasteiger partial charge in [0.25, 0.3) is 5.91 Å². The molecule has 1 aliphatic carbocycles. The molecule has 2 aliphatic heterocycles. The molecular formula is C21H29N3O4. The summed E-state index contributed by atoms with van der Waals surface area (Å²) in [5, 5.41) is 2.94. The molecular weight excluding hydrogens is 358 g/mol. The number of hydrazine groups is 1. The van der Waals surface area contributed by atoms with Gasteiger partial charge in [0.15, 0.2) is 18.1 Å². The number of amides is 2. The third-order valence-corrected chi connectivity index (χ3v) is 5.99. The molecule has 3 aliphatic rings. The SMILES string of the molecule is CC1(C)Cc2cccc(OCC(=O)NCC3NNC(=O)C4CCCCC34)c2O1. The van der Waals surface area contributed by atoms with Crippen LogP contribution in [0.2, 0.25) is 0 Å². The first-order valence-corrected chi connectivity index (χ1v) is 10.2. The van der Waals surface area contributed by atoms with Crippen LogP contribution in [0.1, 0.15) is 45.1 Å². The van der Waals surface area contributed by atoms with E-state index in [0.717, 1.165) is 43.4 Å². The molecule has 152 valence electrons. The molecule has 0 spiro atoms. The van der Waals surface area contributed by atoms with Crippen LogP contribution in [0, 0.1) is 11.8 Å². The Balaban J connectivity index is 1.29. The number of ether oxygens (including phenoxy) is 2. The van der Waals surface area contributed by atoms with E-state index in [1.165, 1.54) is 0 Å². The number of rotatable bonds is 5. The zero-order valence-corrected chi connectivity index (χ0v) is 16.5. The van der Waals surface area contributed by atoms with E-state index in [1.807, 2.05) is 32.0 Å². The van der Waals surface area contributed by atoms with E-state index in [2.05, 4.69) is 16.2 Å². The maximum Gasteiger partial charge on any atom is 0.257 e. The second kappa shape index (κ2) is 7.62. The van der Waals surface area contributed by atoms with Gasteiger partial charge in [-0.3, -0.25) is 15.0 Å². The van der Waals surface area contributed by atoms with Gasteiger partial charge in [-0.05, 0) is 38.7 Å². The van der Waals surface area contributed by atoms with Gasteiger partial charge in [-0.1, -0.05) is 25.0 Å². The summed E-state index contributed by atoms with van der Waals surface area (Å²) in [6.45, 7) is 4.49. The Bertz CT molecular complexity index is 764. The van der Waals surface area contributed by atoms with Crippen LogP contribution >= 0.6 is 0 Å². The number of nitrogens with one attached hydrogen (secondary N) is 3. The summed E-state index contributed by atoms with van der Waals surface area (Å²) in [5.74, 6) is 1.57. The van der Waals surface area contributed by atoms with Crippen molar-refractivity contribution in [2.24, 2.45) is 11.8 Å². The predicted octanol–water partition coefficient (Wildman–Crippen LogP) is 1.70. The van der Waals surface area contributed by atoms with Crippen molar-refractivity contribution < 1.29 is 19.1 Å². The fourth-order valence-corrected chi connectivity index (χ4v) is 4.65. The van der Waals surface area contributed by atoms with Crippen LogP contribution in [-0.2, 0) is 16.0 Å². The van der Waals surface area contributed by atoms with E-state index in [9.17, 15) is 9.59 Å². The molecule has 0 aromatic heterocycles. The van der Waals surface area contributed by atoms with Crippen LogP contribution < -0.4 is 25.6 Å². The van der Waals surface area contributed by atoms with Gasteiger partial charge in [0, 0.05) is 30.5 Å². The van der Waals surface area contributed by atoms with Gasteiger partial charge in [0.2, 0.25) is 5.91 Å². The number of hydrogen-bond donors (Lipinski definition) is 3. The molecule has 0 bridgehead atoms. The Labute approximate surface area is 165 Å². The molecule has 1 aromatic rings. The number of fused-ring (bicyclic) bond motifs is 2. The van der Waals surface area contributed by atoms with Crippen LogP contribution in [0.15, 0.2) is 18.2 Å². The second-order valence-electron chi connectivity index (χ2n) is 8.67. The molecule has 2 fully saturated rings. The number of benzene rings is 1. The average molecular weight is 387 g/mol. The van der Waals surface area contributed by atoms with Gasteiger partial charge in [-0.15, -0.1) is 0 Å². The average Bonchev–Trinajstić information content (AvgIpc) is 3.00. The highest BCUT2D eigenvalue weighted by Crippen LogP contribution is 2.41. The maximum atomic E-state index is 12.3. The minimum atomic E-state index is -0.252. The Hall–Kier alpha value is -2.28. The van der Waals surface area contributed by atoms with E-state index in [1.54, 1.807) is 0 Å². The van der Waals surface area contributed by atoms with Crippen molar-refractivity contribution in [3.63, 3.8) is 0 Å². The van der Waals surface area contributed by atoms with Crippen molar-refractivity contribution >= 4 is 11.8 Å². The molecule has 1 aromatic carbocycles. The van der Waals surface area contributed by atoms with Crippen LogP contribution in [0.3, 0.4) is 0 Å². The van der Waals surface area contributed by atoms with E-state index < -0.39 is 0 Å². The predicted molar refractivity (Wildman–Crippen MR) is 104 cm³/mol. The molecule has 4 rings (SSSR count). The first kappa shape index (κ1) is 19.1. The molecule has 1 saturated carbocycles. The topological polar surface area (TPSA) is 88.7 Å². The highest BCUT2D eigenvalue weighted by molar-refractivity contribution is 5.80. The maximum absolute atomic E-state index is 12.3. The first-order valence-electron chi connectivity index (χ1n) is 10.2. The molecule has 28 heavy (non-hydrogen) atoms. The van der Waals surface area contributed by atoms with Crippen LogP contribution in [0.25, 0.3) is 0 Å². The summed E-state index contributed by atoms with van der Waals surface area (Å²) >= 11 is 0. The number of carbonyl (C=O) groups is 2. The summed E-state index contributed by atoms with van der Waals surface area (Å²) in [6.07, 6.45) is 5.01. The van der Waals surface area contributed by atoms with Crippen molar-refractivity contribution in [3.8, 4) is 11.5 Å². The van der Waals surface area contributed by atoms with Crippen molar-refractivity contribution in [3.05, 3.63) is 23.8 Å². The summed E-state index contributed by atoms with van der Waals surface area (Å²) in [4.78, 5) is 24.3. The lowest BCUT2D eigenvalue weighted by Gasteiger charge is -2.41. The minimum Gasteiger partial charge on any atom is -0.483 e. The first-order chi connectivity index (χ1) is 13.4. The molecule has 7 nitrogen and oxygen atoms in total. The van der Waals surface area contributed by atoms with Gasteiger partial charge in [-0.2, -0.15) is 0 Å². The fourth-order valence-electron chi connectivity index (χ4n) is 4.65. The molecule has 3 N–H and O–H groups in total. The Morgan fingerprint density at radius 3 is 3.00 bits per heavy atom. The standard InChI is InChI=1S/C21H29N3O4/c1-21(2)10-13-6-5-9-17(19(13)28-21)27-12-18(25)22-11-16-14-7-3-4-8-15(14)20(26)24-23-16/h5-6,9,14-16,23H,3-4,7-8,10-12H2,1-2H3,(H,22,25)(H,24,26). The monoisotopic (exact) mass is 387 g/mol. The Morgan fingerprint density at radius 1 is 1.32 bits per heavy atom. The van der Waals surface area contributed by atoms with Gasteiger partial charge >= 0.3 is 0 Å². The summed E-state index contributed by atoms with van der Waals surface area (Å²) in [7, 11) is 0. The minimum absolute atomic E-state index is 0.0528. The summed E-state index contributed by atoms with van der Waals surface area (Å²) < 4.78 is 11.7. The quantitative estimate of drug-likeness (QED) is 0.716. The van der Waals surface area contributed by atoms with E-state index >= 15 is 0 Å². The highest BCUT2D eigenvalue weighted by Gasteiger charge is 2.40.